The zero-order chi connectivity index (χ0) is 5.82. The van der Waals surface area contributed by atoms with E-state index < -0.39 is 0 Å². The third-order valence-corrected chi connectivity index (χ3v) is 3.82. The molecule has 1 saturated heterocycles. The van der Waals surface area contributed by atoms with E-state index in [1.807, 2.05) is 23.5 Å². The summed E-state index contributed by atoms with van der Waals surface area (Å²) >= 11 is 4.08. The van der Waals surface area contributed by atoms with Crippen LogP contribution in [0, 0.1) is 0 Å². The molecule has 0 N–H and O–H groups in total. The molecule has 0 aliphatic carbocycles. The topological polar surface area (TPSA) is 0 Å². The minimum atomic E-state index is 0.810. The van der Waals surface area contributed by atoms with Crippen LogP contribution in [-0.4, -0.2) is 16.1 Å². The third-order valence-electron chi connectivity index (χ3n) is 1.05. The molecule has 1 unspecified atom stereocenters. The minimum Gasteiger partial charge on any atom is -0.150 e. The first kappa shape index (κ1) is 6.56. The SMILES string of the molecule is CC=CC1CSCS1. The van der Waals surface area contributed by atoms with E-state index in [4.69, 9.17) is 0 Å². The first-order valence-electron chi connectivity index (χ1n) is 2.75. The van der Waals surface area contributed by atoms with Gasteiger partial charge in [-0.1, -0.05) is 12.2 Å². The van der Waals surface area contributed by atoms with E-state index in [0.717, 1.165) is 5.25 Å². The number of thioether (sulfide) groups is 2. The lowest BCUT2D eigenvalue weighted by Crippen LogP contribution is -1.92. The largest absolute Gasteiger partial charge is 0.150 e. The summed E-state index contributed by atoms with van der Waals surface area (Å²) in [6.45, 7) is 2.09. The van der Waals surface area contributed by atoms with E-state index in [1.54, 1.807) is 0 Å². The summed E-state index contributed by atoms with van der Waals surface area (Å²) in [5, 5.41) is 2.10. The molecule has 0 aromatic rings. The standard InChI is InChI=1S/C6H10S2/c1-2-3-6-4-7-5-8-6/h2-3,6H,4-5H2,1H3. The van der Waals surface area contributed by atoms with Crippen molar-refractivity contribution in [3.8, 4) is 0 Å². The molecule has 1 rings (SSSR count). The van der Waals surface area contributed by atoms with E-state index in [1.165, 1.54) is 10.8 Å². The fraction of sp³-hybridized carbons (Fsp3) is 0.667. The molecule has 46 valence electrons. The maximum absolute atomic E-state index is 2.28. The molecule has 0 amide bonds. The van der Waals surface area contributed by atoms with Crippen LogP contribution >= 0.6 is 23.5 Å². The summed E-state index contributed by atoms with van der Waals surface area (Å²) in [7, 11) is 0. The third kappa shape index (κ3) is 1.75. The molecule has 2 heteroatoms. The highest BCUT2D eigenvalue weighted by Crippen LogP contribution is 2.29. The molecule has 0 nitrogen and oxygen atoms in total. The molecule has 1 aliphatic heterocycles. The average Bonchev–Trinajstić information content (AvgIpc) is 2.19. The molecular weight excluding hydrogens is 136 g/mol. The molecule has 0 bridgehead atoms. The van der Waals surface area contributed by atoms with Crippen molar-refractivity contribution in [2.45, 2.75) is 12.2 Å². The predicted molar refractivity (Wildman–Crippen MR) is 43.5 cm³/mol. The van der Waals surface area contributed by atoms with Gasteiger partial charge in [0, 0.05) is 16.1 Å². The van der Waals surface area contributed by atoms with Crippen molar-refractivity contribution in [1.82, 2.24) is 0 Å². The van der Waals surface area contributed by atoms with Crippen LogP contribution in [0.3, 0.4) is 0 Å². The van der Waals surface area contributed by atoms with Gasteiger partial charge in [-0.25, -0.2) is 0 Å². The van der Waals surface area contributed by atoms with Gasteiger partial charge >= 0.3 is 0 Å². The van der Waals surface area contributed by atoms with Crippen molar-refractivity contribution in [2.24, 2.45) is 0 Å². The molecule has 0 aromatic carbocycles. The van der Waals surface area contributed by atoms with E-state index in [0.29, 0.717) is 0 Å². The number of hydrogen-bond acceptors (Lipinski definition) is 2. The van der Waals surface area contributed by atoms with Crippen LogP contribution in [0.4, 0.5) is 0 Å². The minimum absolute atomic E-state index is 0.810. The van der Waals surface area contributed by atoms with Gasteiger partial charge < -0.3 is 0 Å². The van der Waals surface area contributed by atoms with Crippen LogP contribution in [0.2, 0.25) is 0 Å². The molecule has 0 radical (unpaired) electrons. The molecule has 8 heavy (non-hydrogen) atoms. The van der Waals surface area contributed by atoms with Gasteiger partial charge in [0.05, 0.1) is 0 Å². The van der Waals surface area contributed by atoms with E-state index in [9.17, 15) is 0 Å². The first-order valence-corrected chi connectivity index (χ1v) is 4.96. The second kappa shape index (κ2) is 3.46. The van der Waals surface area contributed by atoms with Crippen molar-refractivity contribution in [3.63, 3.8) is 0 Å². The smallest absolute Gasteiger partial charge is 0.0398 e. The van der Waals surface area contributed by atoms with Crippen molar-refractivity contribution < 1.29 is 0 Å². The summed E-state index contributed by atoms with van der Waals surface area (Å²) in [5.74, 6) is 1.31. The zero-order valence-corrected chi connectivity index (χ0v) is 6.60. The zero-order valence-electron chi connectivity index (χ0n) is 4.96. The first-order chi connectivity index (χ1) is 3.93. The van der Waals surface area contributed by atoms with Gasteiger partial charge in [0.1, 0.15) is 0 Å². The Morgan fingerprint density at radius 1 is 1.62 bits per heavy atom. The fourth-order valence-corrected chi connectivity index (χ4v) is 3.43. The van der Waals surface area contributed by atoms with Crippen LogP contribution in [0.25, 0.3) is 0 Å². The van der Waals surface area contributed by atoms with E-state index >= 15 is 0 Å². The Morgan fingerprint density at radius 3 is 3.00 bits per heavy atom. The lowest BCUT2D eigenvalue weighted by molar-refractivity contribution is 1.28. The highest BCUT2D eigenvalue weighted by Gasteiger charge is 2.10. The molecule has 0 aromatic heterocycles. The highest BCUT2D eigenvalue weighted by molar-refractivity contribution is 8.19. The van der Waals surface area contributed by atoms with Crippen molar-refractivity contribution >= 4 is 23.5 Å². The predicted octanol–water partition coefficient (Wildman–Crippen LogP) is 2.37. The van der Waals surface area contributed by atoms with Crippen LogP contribution < -0.4 is 0 Å². The maximum Gasteiger partial charge on any atom is 0.0398 e. The number of hydrogen-bond donors (Lipinski definition) is 0. The second-order valence-electron chi connectivity index (χ2n) is 1.72. The van der Waals surface area contributed by atoms with Gasteiger partial charge in [-0.2, -0.15) is 0 Å². The van der Waals surface area contributed by atoms with Gasteiger partial charge in [0.25, 0.3) is 0 Å². The van der Waals surface area contributed by atoms with Gasteiger partial charge in [0.2, 0.25) is 0 Å². The fourth-order valence-electron chi connectivity index (χ4n) is 0.674. The lowest BCUT2D eigenvalue weighted by Gasteiger charge is -1.94. The summed E-state index contributed by atoms with van der Waals surface area (Å²) in [4.78, 5) is 0. The van der Waals surface area contributed by atoms with Gasteiger partial charge in [-0.15, -0.1) is 23.5 Å². The Kier molecular flexibility index (Phi) is 2.84. The van der Waals surface area contributed by atoms with Crippen LogP contribution in [0.5, 0.6) is 0 Å². The molecule has 1 fully saturated rings. The highest BCUT2D eigenvalue weighted by atomic mass is 32.2. The Hall–Kier alpha value is 0.440. The summed E-state index contributed by atoms with van der Waals surface area (Å²) in [6, 6.07) is 0. The average molecular weight is 146 g/mol. The second-order valence-corrected chi connectivity index (χ2v) is 4.34. The lowest BCUT2D eigenvalue weighted by atomic mass is 10.4. The summed E-state index contributed by atoms with van der Waals surface area (Å²) in [6.07, 6.45) is 4.42. The molecule has 0 spiro atoms. The van der Waals surface area contributed by atoms with Gasteiger partial charge in [0.15, 0.2) is 0 Å². The molecule has 1 aliphatic rings. The van der Waals surface area contributed by atoms with Crippen LogP contribution in [-0.2, 0) is 0 Å². The molecule has 1 heterocycles. The molecular formula is C6H10S2. The molecule has 0 saturated carbocycles. The summed E-state index contributed by atoms with van der Waals surface area (Å²) in [5.41, 5.74) is 0. The normalized spacial score (nSPS) is 29.9. The summed E-state index contributed by atoms with van der Waals surface area (Å²) < 4.78 is 0. The van der Waals surface area contributed by atoms with Crippen molar-refractivity contribution in [1.29, 1.82) is 0 Å². The molecule has 1 atom stereocenters. The monoisotopic (exact) mass is 146 g/mol. The Bertz CT molecular complexity index is 82.5. The van der Waals surface area contributed by atoms with Crippen molar-refractivity contribution in [3.05, 3.63) is 12.2 Å². The van der Waals surface area contributed by atoms with E-state index in [2.05, 4.69) is 19.1 Å². The van der Waals surface area contributed by atoms with Crippen LogP contribution in [0.1, 0.15) is 6.92 Å². The van der Waals surface area contributed by atoms with Gasteiger partial charge in [-0.05, 0) is 6.92 Å². The quantitative estimate of drug-likeness (QED) is 0.521. The Labute approximate surface area is 59.1 Å². The van der Waals surface area contributed by atoms with Gasteiger partial charge in [-0.3, -0.25) is 0 Å². The van der Waals surface area contributed by atoms with E-state index in [-0.39, 0.29) is 0 Å². The van der Waals surface area contributed by atoms with Crippen LogP contribution in [0.15, 0.2) is 12.2 Å². The van der Waals surface area contributed by atoms with Crippen molar-refractivity contribution in [2.75, 3.05) is 10.8 Å². The Balaban J connectivity index is 2.24. The number of allylic oxidation sites excluding steroid dienone is 1. The number of rotatable bonds is 1. The Morgan fingerprint density at radius 2 is 2.50 bits per heavy atom. The maximum atomic E-state index is 2.28.